The highest BCUT2D eigenvalue weighted by atomic mass is 16.5. The molecular weight excluding hydrogens is 252 g/mol. The van der Waals surface area contributed by atoms with Gasteiger partial charge in [-0.2, -0.15) is 4.98 Å². The maximum Gasteiger partial charge on any atom is 0.230 e. The van der Waals surface area contributed by atoms with Crippen LogP contribution in [0.5, 0.6) is 0 Å². The molecule has 20 heavy (non-hydrogen) atoms. The zero-order valence-electron chi connectivity index (χ0n) is 12.9. The summed E-state index contributed by atoms with van der Waals surface area (Å²) in [5.41, 5.74) is 0.294. The topological polar surface area (TPSA) is 54.2 Å². The van der Waals surface area contributed by atoms with E-state index in [9.17, 15) is 0 Å². The monoisotopic (exact) mass is 278 g/mol. The van der Waals surface area contributed by atoms with Crippen LogP contribution in [0.2, 0.25) is 0 Å². The lowest BCUT2D eigenvalue weighted by molar-refractivity contribution is 0.176. The predicted molar refractivity (Wildman–Crippen MR) is 77.5 cm³/mol. The number of hydrogen-bond acceptors (Lipinski definition) is 5. The van der Waals surface area contributed by atoms with E-state index < -0.39 is 0 Å². The van der Waals surface area contributed by atoms with Gasteiger partial charge in [0.05, 0.1) is 6.04 Å². The van der Waals surface area contributed by atoms with Crippen LogP contribution in [-0.4, -0.2) is 41.2 Å². The summed E-state index contributed by atoms with van der Waals surface area (Å²) in [6.45, 7) is 11.0. The first kappa shape index (κ1) is 14.0. The van der Waals surface area contributed by atoms with Crippen molar-refractivity contribution in [2.45, 2.75) is 52.0 Å². The Labute approximate surface area is 121 Å². The van der Waals surface area contributed by atoms with Crippen molar-refractivity contribution in [2.75, 3.05) is 26.2 Å². The Kier molecular flexibility index (Phi) is 3.82. The van der Waals surface area contributed by atoms with Gasteiger partial charge in [0.2, 0.25) is 5.89 Å². The summed E-state index contributed by atoms with van der Waals surface area (Å²) in [7, 11) is 0. The van der Waals surface area contributed by atoms with Gasteiger partial charge in [0.1, 0.15) is 0 Å². The van der Waals surface area contributed by atoms with E-state index in [0.717, 1.165) is 37.9 Å². The van der Waals surface area contributed by atoms with Gasteiger partial charge < -0.3 is 9.84 Å². The van der Waals surface area contributed by atoms with Crippen molar-refractivity contribution in [3.05, 3.63) is 11.7 Å². The zero-order chi connectivity index (χ0) is 14.2. The Balaban J connectivity index is 1.73. The number of hydrogen-bond donors (Lipinski definition) is 1. The molecule has 1 aromatic heterocycles. The minimum atomic E-state index is 0.249. The Morgan fingerprint density at radius 1 is 1.35 bits per heavy atom. The highest BCUT2D eigenvalue weighted by Gasteiger charge is 2.39. The Bertz CT molecular complexity index is 450. The fraction of sp³-hybridized carbons (Fsp3) is 0.867. The van der Waals surface area contributed by atoms with Crippen molar-refractivity contribution in [1.29, 1.82) is 0 Å². The first-order chi connectivity index (χ1) is 9.58. The third-order valence-electron chi connectivity index (χ3n) is 5.09. The van der Waals surface area contributed by atoms with Gasteiger partial charge in [0.15, 0.2) is 5.82 Å². The van der Waals surface area contributed by atoms with Crippen LogP contribution >= 0.6 is 0 Å². The second kappa shape index (κ2) is 5.45. The minimum absolute atomic E-state index is 0.249. The summed E-state index contributed by atoms with van der Waals surface area (Å²) in [5, 5.41) is 7.63. The maximum atomic E-state index is 5.59. The molecule has 1 N–H and O–H groups in total. The summed E-state index contributed by atoms with van der Waals surface area (Å²) in [4.78, 5) is 7.14. The first-order valence-corrected chi connectivity index (χ1v) is 7.86. The van der Waals surface area contributed by atoms with Crippen LogP contribution in [0.1, 0.15) is 63.7 Å². The van der Waals surface area contributed by atoms with Gasteiger partial charge in [-0.3, -0.25) is 4.90 Å². The molecular formula is C15H26N4O. The SMILES string of the molecule is CC(c1noc(C2CCCC2(C)C)n1)N1CCNCC1. The molecule has 2 aliphatic rings. The molecule has 0 spiro atoms. The zero-order valence-corrected chi connectivity index (χ0v) is 12.9. The quantitative estimate of drug-likeness (QED) is 0.919. The molecule has 1 saturated heterocycles. The van der Waals surface area contributed by atoms with Crippen molar-refractivity contribution in [3.8, 4) is 0 Å². The van der Waals surface area contributed by atoms with E-state index in [0.29, 0.717) is 11.3 Å². The number of rotatable bonds is 3. The van der Waals surface area contributed by atoms with Crippen molar-refractivity contribution in [1.82, 2.24) is 20.4 Å². The average Bonchev–Trinajstić information content (AvgIpc) is 3.04. The molecule has 1 aliphatic heterocycles. The number of nitrogens with one attached hydrogen (secondary N) is 1. The average molecular weight is 278 g/mol. The highest BCUT2D eigenvalue weighted by Crippen LogP contribution is 2.48. The molecule has 1 saturated carbocycles. The van der Waals surface area contributed by atoms with E-state index in [4.69, 9.17) is 9.51 Å². The van der Waals surface area contributed by atoms with Gasteiger partial charge in [-0.1, -0.05) is 25.4 Å². The van der Waals surface area contributed by atoms with Crippen molar-refractivity contribution < 1.29 is 4.52 Å². The second-order valence-corrected chi connectivity index (χ2v) is 6.89. The summed E-state index contributed by atoms with van der Waals surface area (Å²) in [6, 6.07) is 0.249. The van der Waals surface area contributed by atoms with Crippen LogP contribution in [0.15, 0.2) is 4.52 Å². The molecule has 0 bridgehead atoms. The van der Waals surface area contributed by atoms with Crippen LogP contribution < -0.4 is 5.32 Å². The van der Waals surface area contributed by atoms with Crippen LogP contribution in [0.3, 0.4) is 0 Å². The van der Waals surface area contributed by atoms with E-state index in [1.165, 1.54) is 19.3 Å². The lowest BCUT2D eigenvalue weighted by Crippen LogP contribution is -2.44. The summed E-state index contributed by atoms with van der Waals surface area (Å²) in [5.74, 6) is 2.13. The molecule has 5 nitrogen and oxygen atoms in total. The smallest absolute Gasteiger partial charge is 0.230 e. The Morgan fingerprint density at radius 2 is 2.10 bits per heavy atom. The Morgan fingerprint density at radius 3 is 2.75 bits per heavy atom. The van der Waals surface area contributed by atoms with Crippen LogP contribution in [-0.2, 0) is 0 Å². The highest BCUT2D eigenvalue weighted by molar-refractivity contribution is 5.05. The van der Waals surface area contributed by atoms with Crippen molar-refractivity contribution in [2.24, 2.45) is 5.41 Å². The van der Waals surface area contributed by atoms with Crippen LogP contribution in [0.4, 0.5) is 0 Å². The molecule has 0 aromatic carbocycles. The third-order valence-corrected chi connectivity index (χ3v) is 5.09. The van der Waals surface area contributed by atoms with Crippen LogP contribution in [0, 0.1) is 5.41 Å². The number of aromatic nitrogens is 2. The van der Waals surface area contributed by atoms with E-state index in [2.05, 4.69) is 36.1 Å². The first-order valence-electron chi connectivity index (χ1n) is 7.86. The van der Waals surface area contributed by atoms with Crippen molar-refractivity contribution in [3.63, 3.8) is 0 Å². The molecule has 3 rings (SSSR count). The van der Waals surface area contributed by atoms with E-state index in [1.54, 1.807) is 0 Å². The molecule has 2 atom stereocenters. The lowest BCUT2D eigenvalue weighted by atomic mass is 9.82. The Hall–Kier alpha value is -0.940. The van der Waals surface area contributed by atoms with Crippen LogP contribution in [0.25, 0.3) is 0 Å². The molecule has 0 radical (unpaired) electrons. The van der Waals surface area contributed by atoms with E-state index >= 15 is 0 Å². The summed E-state index contributed by atoms with van der Waals surface area (Å²) in [6.07, 6.45) is 3.70. The fourth-order valence-electron chi connectivity index (χ4n) is 3.58. The number of nitrogens with zero attached hydrogens (tertiary/aromatic N) is 3. The molecule has 2 unspecified atom stereocenters. The molecule has 112 valence electrons. The summed E-state index contributed by atoms with van der Waals surface area (Å²) >= 11 is 0. The van der Waals surface area contributed by atoms with Gasteiger partial charge in [0.25, 0.3) is 0 Å². The molecule has 2 fully saturated rings. The van der Waals surface area contributed by atoms with Gasteiger partial charge in [-0.15, -0.1) is 0 Å². The molecule has 0 amide bonds. The fourth-order valence-corrected chi connectivity index (χ4v) is 3.58. The lowest BCUT2D eigenvalue weighted by Gasteiger charge is -2.30. The van der Waals surface area contributed by atoms with Gasteiger partial charge in [-0.25, -0.2) is 0 Å². The normalized spacial score (nSPS) is 28.6. The molecule has 5 heteroatoms. The van der Waals surface area contributed by atoms with E-state index in [1.807, 2.05) is 0 Å². The number of piperazine rings is 1. The standard InChI is InChI=1S/C15H26N4O/c1-11(19-9-7-16-8-10-19)13-17-14(20-18-13)12-5-4-6-15(12,2)3/h11-12,16H,4-10H2,1-3H3. The molecule has 2 heterocycles. The molecule has 1 aliphatic carbocycles. The van der Waals surface area contributed by atoms with Gasteiger partial charge >= 0.3 is 0 Å². The van der Waals surface area contributed by atoms with Gasteiger partial charge in [0, 0.05) is 32.1 Å². The predicted octanol–water partition coefficient (Wildman–Crippen LogP) is 2.33. The minimum Gasteiger partial charge on any atom is -0.339 e. The largest absolute Gasteiger partial charge is 0.339 e. The maximum absolute atomic E-state index is 5.59. The second-order valence-electron chi connectivity index (χ2n) is 6.89. The van der Waals surface area contributed by atoms with Crippen molar-refractivity contribution >= 4 is 0 Å². The van der Waals surface area contributed by atoms with Gasteiger partial charge in [-0.05, 0) is 25.2 Å². The molecule has 1 aromatic rings. The summed E-state index contributed by atoms with van der Waals surface area (Å²) < 4.78 is 5.59. The third kappa shape index (κ3) is 2.61. The van der Waals surface area contributed by atoms with E-state index in [-0.39, 0.29) is 6.04 Å².